The maximum Gasteiger partial charge on any atom is 0.251 e. The van der Waals surface area contributed by atoms with Crippen LogP contribution >= 0.6 is 0 Å². The molecule has 24 heavy (non-hydrogen) atoms. The summed E-state index contributed by atoms with van der Waals surface area (Å²) >= 11 is 0. The van der Waals surface area contributed by atoms with E-state index >= 15 is 0 Å². The summed E-state index contributed by atoms with van der Waals surface area (Å²) in [4.78, 5) is 21.0. The first-order valence-corrected chi connectivity index (χ1v) is 8.06. The zero-order valence-electron chi connectivity index (χ0n) is 13.7. The summed E-state index contributed by atoms with van der Waals surface area (Å²) in [5, 5.41) is 2.88. The second kappa shape index (κ2) is 7.99. The topological polar surface area (TPSA) is 73.3 Å². The smallest absolute Gasteiger partial charge is 0.251 e. The molecule has 1 aromatic carbocycles. The number of amides is 1. The number of aromatic nitrogens is 2. The molecule has 1 aliphatic heterocycles. The van der Waals surface area contributed by atoms with Crippen molar-refractivity contribution in [2.45, 2.75) is 32.1 Å². The van der Waals surface area contributed by atoms with Crippen molar-refractivity contribution in [1.29, 1.82) is 0 Å². The molecule has 0 radical (unpaired) electrons. The summed E-state index contributed by atoms with van der Waals surface area (Å²) in [6, 6.07) is 9.17. The summed E-state index contributed by atoms with van der Waals surface area (Å²) in [7, 11) is 1.65. The Morgan fingerprint density at radius 2 is 2.17 bits per heavy atom. The van der Waals surface area contributed by atoms with E-state index in [1.807, 2.05) is 12.1 Å². The highest BCUT2D eigenvalue weighted by Crippen LogP contribution is 2.25. The molecule has 0 saturated carbocycles. The minimum absolute atomic E-state index is 0.0195. The first-order valence-electron chi connectivity index (χ1n) is 8.06. The van der Waals surface area contributed by atoms with Gasteiger partial charge >= 0.3 is 0 Å². The first-order chi connectivity index (χ1) is 11.8. The van der Waals surface area contributed by atoms with Crippen LogP contribution in [0.1, 0.15) is 46.4 Å². The molecule has 2 heterocycles. The molecule has 6 heteroatoms. The fourth-order valence-electron chi connectivity index (χ4n) is 2.64. The average molecular weight is 327 g/mol. The molecule has 0 spiro atoms. The third kappa shape index (κ3) is 4.15. The zero-order chi connectivity index (χ0) is 16.8. The van der Waals surface area contributed by atoms with E-state index in [-0.39, 0.29) is 12.0 Å². The van der Waals surface area contributed by atoms with Crippen LogP contribution in [0.3, 0.4) is 0 Å². The molecule has 3 rings (SSSR count). The van der Waals surface area contributed by atoms with E-state index in [9.17, 15) is 4.79 Å². The van der Waals surface area contributed by atoms with Gasteiger partial charge in [0.05, 0.1) is 18.8 Å². The number of methoxy groups -OCH3 is 1. The van der Waals surface area contributed by atoms with Crippen molar-refractivity contribution in [2.75, 3.05) is 13.7 Å². The van der Waals surface area contributed by atoms with Gasteiger partial charge in [0.25, 0.3) is 5.91 Å². The monoisotopic (exact) mass is 327 g/mol. The lowest BCUT2D eigenvalue weighted by molar-refractivity contribution is 0.0949. The van der Waals surface area contributed by atoms with Crippen LogP contribution in [-0.4, -0.2) is 29.6 Å². The Kier molecular flexibility index (Phi) is 5.51. The van der Waals surface area contributed by atoms with Crippen molar-refractivity contribution in [3.05, 3.63) is 59.2 Å². The maximum absolute atomic E-state index is 12.2. The van der Waals surface area contributed by atoms with Crippen molar-refractivity contribution in [2.24, 2.45) is 0 Å². The molecule has 0 unspecified atom stereocenters. The van der Waals surface area contributed by atoms with Gasteiger partial charge in [0.1, 0.15) is 6.10 Å². The second-order valence-electron chi connectivity index (χ2n) is 5.72. The van der Waals surface area contributed by atoms with Crippen LogP contribution in [0.4, 0.5) is 0 Å². The van der Waals surface area contributed by atoms with Crippen LogP contribution in [-0.2, 0) is 22.6 Å². The van der Waals surface area contributed by atoms with Gasteiger partial charge in [0.2, 0.25) is 0 Å². The predicted octanol–water partition coefficient (Wildman–Crippen LogP) is 2.40. The normalized spacial score (nSPS) is 17.0. The Labute approximate surface area is 141 Å². The molecule has 0 aliphatic carbocycles. The molecule has 1 amide bonds. The van der Waals surface area contributed by atoms with Gasteiger partial charge in [-0.3, -0.25) is 4.79 Å². The van der Waals surface area contributed by atoms with E-state index in [0.717, 1.165) is 30.7 Å². The van der Waals surface area contributed by atoms with E-state index in [0.29, 0.717) is 24.5 Å². The largest absolute Gasteiger partial charge is 0.380 e. The van der Waals surface area contributed by atoms with E-state index in [4.69, 9.17) is 9.47 Å². The van der Waals surface area contributed by atoms with Crippen molar-refractivity contribution in [1.82, 2.24) is 15.3 Å². The minimum Gasteiger partial charge on any atom is -0.380 e. The van der Waals surface area contributed by atoms with Crippen LogP contribution in [0.2, 0.25) is 0 Å². The molecule has 1 aromatic heterocycles. The second-order valence-corrected chi connectivity index (χ2v) is 5.72. The summed E-state index contributed by atoms with van der Waals surface area (Å²) < 4.78 is 10.7. The van der Waals surface area contributed by atoms with Crippen LogP contribution in [0.25, 0.3) is 0 Å². The van der Waals surface area contributed by atoms with E-state index in [1.165, 1.54) is 0 Å². The first kappa shape index (κ1) is 16.5. The number of ether oxygens (including phenoxy) is 2. The number of nitrogens with zero attached hydrogens (tertiary/aromatic N) is 2. The van der Waals surface area contributed by atoms with Gasteiger partial charge in [-0.25, -0.2) is 9.97 Å². The SMILES string of the molecule is COCc1ccc(C(=O)NCc2ccnc([C@@H]3CCCO3)n2)cc1. The molecule has 6 nitrogen and oxygen atoms in total. The Bertz CT molecular complexity index is 682. The van der Waals surface area contributed by atoms with Crippen molar-refractivity contribution in [3.8, 4) is 0 Å². The Balaban J connectivity index is 1.58. The van der Waals surface area contributed by atoms with Gasteiger partial charge in [-0.1, -0.05) is 12.1 Å². The van der Waals surface area contributed by atoms with Gasteiger partial charge in [-0.2, -0.15) is 0 Å². The van der Waals surface area contributed by atoms with Crippen LogP contribution < -0.4 is 5.32 Å². The Morgan fingerprint density at radius 3 is 2.88 bits per heavy atom. The predicted molar refractivity (Wildman–Crippen MR) is 88.3 cm³/mol. The number of hydrogen-bond acceptors (Lipinski definition) is 5. The number of carbonyl (C=O) groups is 1. The highest BCUT2D eigenvalue weighted by atomic mass is 16.5. The van der Waals surface area contributed by atoms with Gasteiger partial charge in [-0.15, -0.1) is 0 Å². The van der Waals surface area contributed by atoms with Crippen LogP contribution in [0.15, 0.2) is 36.5 Å². The molecule has 1 saturated heterocycles. The summed E-state index contributed by atoms with van der Waals surface area (Å²) in [6.45, 7) is 1.66. The van der Waals surface area contributed by atoms with Crippen molar-refractivity contribution >= 4 is 5.91 Å². The van der Waals surface area contributed by atoms with Crippen molar-refractivity contribution in [3.63, 3.8) is 0 Å². The molecule has 2 aromatic rings. The number of benzene rings is 1. The molecule has 1 fully saturated rings. The average Bonchev–Trinajstić information content (AvgIpc) is 3.16. The minimum atomic E-state index is -0.128. The van der Waals surface area contributed by atoms with E-state index in [2.05, 4.69) is 15.3 Å². The number of rotatable bonds is 6. The third-order valence-electron chi connectivity index (χ3n) is 3.91. The standard InChI is InChI=1S/C18H21N3O3/c1-23-12-13-4-6-14(7-5-13)18(22)20-11-15-8-9-19-17(21-15)16-3-2-10-24-16/h4-9,16H,2-3,10-12H2,1H3,(H,20,22)/t16-/m0/s1. The zero-order valence-corrected chi connectivity index (χ0v) is 13.7. The Hall–Kier alpha value is -2.31. The molecule has 0 bridgehead atoms. The molecular weight excluding hydrogens is 306 g/mol. The summed E-state index contributed by atoms with van der Waals surface area (Å²) in [6.07, 6.45) is 3.68. The molecule has 1 aliphatic rings. The van der Waals surface area contributed by atoms with Crippen molar-refractivity contribution < 1.29 is 14.3 Å². The number of carbonyl (C=O) groups excluding carboxylic acids is 1. The quantitative estimate of drug-likeness (QED) is 0.882. The lowest BCUT2D eigenvalue weighted by Gasteiger charge is -2.10. The molecule has 1 N–H and O–H groups in total. The lowest BCUT2D eigenvalue weighted by atomic mass is 10.1. The molecule has 126 valence electrons. The van der Waals surface area contributed by atoms with E-state index in [1.54, 1.807) is 31.5 Å². The number of hydrogen-bond donors (Lipinski definition) is 1. The van der Waals surface area contributed by atoms with E-state index < -0.39 is 0 Å². The Morgan fingerprint density at radius 1 is 1.33 bits per heavy atom. The molecule has 1 atom stereocenters. The number of nitrogens with one attached hydrogen (secondary N) is 1. The summed E-state index contributed by atoms with van der Waals surface area (Å²) in [5.41, 5.74) is 2.43. The summed E-state index contributed by atoms with van der Waals surface area (Å²) in [5.74, 6) is 0.569. The van der Waals surface area contributed by atoms with Gasteiger partial charge in [0.15, 0.2) is 5.82 Å². The highest BCUT2D eigenvalue weighted by Gasteiger charge is 2.20. The third-order valence-corrected chi connectivity index (χ3v) is 3.91. The maximum atomic E-state index is 12.2. The van der Waals surface area contributed by atoms with Gasteiger partial charge in [-0.05, 0) is 36.6 Å². The van der Waals surface area contributed by atoms with Crippen LogP contribution in [0.5, 0.6) is 0 Å². The highest BCUT2D eigenvalue weighted by molar-refractivity contribution is 5.94. The fourth-order valence-corrected chi connectivity index (χ4v) is 2.64. The van der Waals surface area contributed by atoms with Crippen LogP contribution in [0, 0.1) is 0 Å². The molecular formula is C18H21N3O3. The fraction of sp³-hybridized carbons (Fsp3) is 0.389. The lowest BCUT2D eigenvalue weighted by Crippen LogP contribution is -2.23. The van der Waals surface area contributed by atoms with Gasteiger partial charge in [0, 0.05) is 25.5 Å². The van der Waals surface area contributed by atoms with Gasteiger partial charge < -0.3 is 14.8 Å².